The third-order valence-corrected chi connectivity index (χ3v) is 3.57. The van der Waals surface area contributed by atoms with E-state index in [2.05, 4.69) is 51.3 Å². The summed E-state index contributed by atoms with van der Waals surface area (Å²) in [6.45, 7) is 10.2. The topological polar surface area (TPSA) is 55.6 Å². The second-order valence-corrected chi connectivity index (χ2v) is 5.79. The molecule has 0 unspecified atom stereocenters. The number of nitrogens with zero attached hydrogens (tertiary/aromatic N) is 4. The Morgan fingerprint density at radius 2 is 2.16 bits per heavy atom. The van der Waals surface area contributed by atoms with Crippen molar-refractivity contribution in [2.75, 3.05) is 11.9 Å². The van der Waals surface area contributed by atoms with Gasteiger partial charge in [0, 0.05) is 36.2 Å². The fourth-order valence-electron chi connectivity index (χ4n) is 1.87. The first kappa shape index (κ1) is 14.0. The molecule has 104 valence electrons. The van der Waals surface area contributed by atoms with Crippen LogP contribution >= 0.6 is 11.5 Å². The molecule has 2 rings (SSSR count). The summed E-state index contributed by atoms with van der Waals surface area (Å²) < 4.78 is 6.37. The zero-order chi connectivity index (χ0) is 13.8. The monoisotopic (exact) mass is 279 g/mol. The van der Waals surface area contributed by atoms with Gasteiger partial charge in [-0.2, -0.15) is 9.47 Å². The van der Waals surface area contributed by atoms with Gasteiger partial charge in [0.15, 0.2) is 0 Å². The van der Waals surface area contributed by atoms with Crippen molar-refractivity contribution in [2.45, 2.75) is 46.6 Å². The van der Waals surface area contributed by atoms with E-state index in [1.807, 2.05) is 6.92 Å². The molecular weight excluding hydrogens is 258 g/mol. The van der Waals surface area contributed by atoms with Crippen molar-refractivity contribution in [1.82, 2.24) is 19.1 Å². The molecule has 19 heavy (non-hydrogen) atoms. The third-order valence-electron chi connectivity index (χ3n) is 2.88. The summed E-state index contributed by atoms with van der Waals surface area (Å²) in [5.41, 5.74) is 2.30. The van der Waals surface area contributed by atoms with E-state index in [0.717, 1.165) is 36.2 Å². The standard InChI is InChI=1S/C13H21N5S/c1-9(2)12-15-13(19-17-12)14-6-5-7-18-11(4)8-10(3)16-18/h8-9H,5-7H2,1-4H3,(H,14,15,17). The Labute approximate surface area is 118 Å². The lowest BCUT2D eigenvalue weighted by atomic mass is 10.2. The van der Waals surface area contributed by atoms with Crippen molar-refractivity contribution in [3.63, 3.8) is 0 Å². The molecule has 1 N–H and O–H groups in total. The first-order valence-electron chi connectivity index (χ1n) is 6.65. The zero-order valence-electron chi connectivity index (χ0n) is 12.0. The van der Waals surface area contributed by atoms with Crippen LogP contribution in [0.4, 0.5) is 5.13 Å². The van der Waals surface area contributed by atoms with Crippen LogP contribution in [-0.4, -0.2) is 25.7 Å². The molecule has 0 amide bonds. The van der Waals surface area contributed by atoms with Crippen molar-refractivity contribution in [2.24, 2.45) is 0 Å². The molecule has 0 saturated heterocycles. The van der Waals surface area contributed by atoms with Crippen LogP contribution in [0.15, 0.2) is 6.07 Å². The fraction of sp³-hybridized carbons (Fsp3) is 0.615. The number of anilines is 1. The number of nitrogens with one attached hydrogen (secondary N) is 1. The molecule has 0 aliphatic rings. The summed E-state index contributed by atoms with van der Waals surface area (Å²) in [5, 5.41) is 8.68. The van der Waals surface area contributed by atoms with E-state index in [1.54, 1.807) is 0 Å². The van der Waals surface area contributed by atoms with Crippen molar-refractivity contribution in [1.29, 1.82) is 0 Å². The first-order valence-corrected chi connectivity index (χ1v) is 7.42. The highest BCUT2D eigenvalue weighted by atomic mass is 32.1. The van der Waals surface area contributed by atoms with Gasteiger partial charge in [-0.1, -0.05) is 13.8 Å². The maximum absolute atomic E-state index is 4.45. The summed E-state index contributed by atoms with van der Waals surface area (Å²) in [7, 11) is 0. The lowest BCUT2D eigenvalue weighted by Gasteiger charge is -2.05. The molecule has 0 bridgehead atoms. The Morgan fingerprint density at radius 1 is 1.37 bits per heavy atom. The number of hydrogen-bond donors (Lipinski definition) is 1. The van der Waals surface area contributed by atoms with E-state index in [1.165, 1.54) is 17.2 Å². The molecule has 6 heteroatoms. The van der Waals surface area contributed by atoms with Crippen LogP contribution < -0.4 is 5.32 Å². The Balaban J connectivity index is 1.76. The van der Waals surface area contributed by atoms with Crippen LogP contribution in [-0.2, 0) is 6.54 Å². The smallest absolute Gasteiger partial charge is 0.202 e. The predicted molar refractivity (Wildman–Crippen MR) is 78.8 cm³/mol. The van der Waals surface area contributed by atoms with Gasteiger partial charge in [0.05, 0.1) is 5.69 Å². The summed E-state index contributed by atoms with van der Waals surface area (Å²) in [4.78, 5) is 4.45. The minimum absolute atomic E-state index is 0.390. The average molecular weight is 279 g/mol. The molecule has 0 aliphatic heterocycles. The molecule has 0 radical (unpaired) electrons. The maximum Gasteiger partial charge on any atom is 0.202 e. The number of aryl methyl sites for hydroxylation is 3. The van der Waals surface area contributed by atoms with E-state index in [9.17, 15) is 0 Å². The van der Waals surface area contributed by atoms with E-state index < -0.39 is 0 Å². The van der Waals surface area contributed by atoms with Crippen LogP contribution in [0.3, 0.4) is 0 Å². The molecule has 0 atom stereocenters. The SMILES string of the molecule is Cc1cc(C)n(CCCNc2nc(C(C)C)ns2)n1. The van der Waals surface area contributed by atoms with Crippen molar-refractivity contribution < 1.29 is 0 Å². The Bertz CT molecular complexity index is 529. The van der Waals surface area contributed by atoms with Gasteiger partial charge < -0.3 is 5.32 Å². The molecule has 2 heterocycles. The van der Waals surface area contributed by atoms with Gasteiger partial charge in [-0.15, -0.1) is 0 Å². The largest absolute Gasteiger partial charge is 0.360 e. The molecule has 0 fully saturated rings. The summed E-state index contributed by atoms with van der Waals surface area (Å²) in [6, 6.07) is 2.10. The van der Waals surface area contributed by atoms with E-state index in [-0.39, 0.29) is 0 Å². The number of aromatic nitrogens is 4. The first-order chi connectivity index (χ1) is 9.06. The van der Waals surface area contributed by atoms with Crippen LogP contribution in [0.2, 0.25) is 0 Å². The lowest BCUT2D eigenvalue weighted by Crippen LogP contribution is -2.08. The maximum atomic E-state index is 4.45. The molecule has 0 aromatic carbocycles. The highest BCUT2D eigenvalue weighted by Gasteiger charge is 2.07. The second-order valence-electron chi connectivity index (χ2n) is 5.04. The summed E-state index contributed by atoms with van der Waals surface area (Å²) >= 11 is 1.44. The quantitative estimate of drug-likeness (QED) is 0.826. The third kappa shape index (κ3) is 3.76. The average Bonchev–Trinajstić information content (AvgIpc) is 2.92. The van der Waals surface area contributed by atoms with E-state index in [0.29, 0.717) is 5.92 Å². The summed E-state index contributed by atoms with van der Waals surface area (Å²) in [6.07, 6.45) is 1.03. The minimum Gasteiger partial charge on any atom is -0.360 e. The van der Waals surface area contributed by atoms with Crippen molar-refractivity contribution in [3.05, 3.63) is 23.3 Å². The van der Waals surface area contributed by atoms with Crippen LogP contribution in [0.1, 0.15) is 43.4 Å². The molecule has 5 nitrogen and oxygen atoms in total. The van der Waals surface area contributed by atoms with Crippen LogP contribution in [0.25, 0.3) is 0 Å². The lowest BCUT2D eigenvalue weighted by molar-refractivity contribution is 0.573. The van der Waals surface area contributed by atoms with Gasteiger partial charge in [-0.3, -0.25) is 4.68 Å². The number of rotatable bonds is 6. The number of hydrogen-bond acceptors (Lipinski definition) is 5. The molecule has 0 saturated carbocycles. The van der Waals surface area contributed by atoms with E-state index >= 15 is 0 Å². The molecule has 2 aromatic rings. The molecular formula is C13H21N5S. The Hall–Kier alpha value is -1.43. The van der Waals surface area contributed by atoms with Gasteiger partial charge in [0.1, 0.15) is 5.82 Å². The van der Waals surface area contributed by atoms with Gasteiger partial charge >= 0.3 is 0 Å². The van der Waals surface area contributed by atoms with Crippen LogP contribution in [0, 0.1) is 13.8 Å². The minimum atomic E-state index is 0.390. The molecule has 0 spiro atoms. The van der Waals surface area contributed by atoms with Crippen molar-refractivity contribution >= 4 is 16.7 Å². The second kappa shape index (κ2) is 6.14. The summed E-state index contributed by atoms with van der Waals surface area (Å²) in [5.74, 6) is 1.31. The van der Waals surface area contributed by atoms with Gasteiger partial charge in [0.2, 0.25) is 5.13 Å². The van der Waals surface area contributed by atoms with Gasteiger partial charge in [-0.25, -0.2) is 4.98 Å². The predicted octanol–water partition coefficient (Wildman–Crippen LogP) is 2.98. The van der Waals surface area contributed by atoms with Gasteiger partial charge in [0.25, 0.3) is 0 Å². The molecule has 2 aromatic heterocycles. The van der Waals surface area contributed by atoms with Crippen LogP contribution in [0.5, 0.6) is 0 Å². The highest BCUT2D eigenvalue weighted by molar-refractivity contribution is 7.09. The van der Waals surface area contributed by atoms with Crippen molar-refractivity contribution in [3.8, 4) is 0 Å². The van der Waals surface area contributed by atoms with Gasteiger partial charge in [-0.05, 0) is 26.3 Å². The Kier molecular flexibility index (Phi) is 4.52. The fourth-order valence-corrected chi connectivity index (χ4v) is 2.60. The Morgan fingerprint density at radius 3 is 2.74 bits per heavy atom. The highest BCUT2D eigenvalue weighted by Crippen LogP contribution is 2.17. The normalized spacial score (nSPS) is 11.2. The zero-order valence-corrected chi connectivity index (χ0v) is 12.8. The van der Waals surface area contributed by atoms with E-state index in [4.69, 9.17) is 0 Å². The molecule has 0 aliphatic carbocycles.